The molecule has 3 nitrogen and oxygen atoms in total. The van der Waals surface area contributed by atoms with E-state index in [2.05, 4.69) is 53.8 Å². The van der Waals surface area contributed by atoms with Crippen molar-refractivity contribution in [3.8, 4) is 11.1 Å². The quantitative estimate of drug-likeness (QED) is 0.825. The summed E-state index contributed by atoms with van der Waals surface area (Å²) in [6.45, 7) is 3.83. The summed E-state index contributed by atoms with van der Waals surface area (Å²) in [5.41, 5.74) is 2.95. The van der Waals surface area contributed by atoms with Crippen molar-refractivity contribution < 1.29 is 5.11 Å². The number of nitrogens with zero attached hydrogens (tertiary/aromatic N) is 1. The first-order valence-corrected chi connectivity index (χ1v) is 7.68. The van der Waals surface area contributed by atoms with Crippen LogP contribution in [0.5, 0.6) is 0 Å². The van der Waals surface area contributed by atoms with Gasteiger partial charge >= 0.3 is 0 Å². The van der Waals surface area contributed by atoms with Crippen LogP contribution in [0, 0.1) is 0 Å². The molecule has 22 heavy (non-hydrogen) atoms. The van der Waals surface area contributed by atoms with Crippen LogP contribution in [0.3, 0.4) is 0 Å². The average molecular weight is 298 g/mol. The highest BCUT2D eigenvalue weighted by Gasteiger charge is 2.20. The van der Waals surface area contributed by atoms with Gasteiger partial charge in [-0.15, -0.1) is 0 Å². The third-order valence-corrected chi connectivity index (χ3v) is 3.53. The monoisotopic (exact) mass is 298 g/mol. The minimum Gasteiger partial charge on any atom is -0.388 e. The molecule has 2 N–H and O–H groups in total. The third kappa shape index (κ3) is 5.26. The predicted molar refractivity (Wildman–Crippen MR) is 92.8 cm³/mol. The van der Waals surface area contributed by atoms with Crippen LogP contribution in [-0.2, 0) is 6.54 Å². The van der Waals surface area contributed by atoms with Crippen molar-refractivity contribution in [1.29, 1.82) is 0 Å². The van der Waals surface area contributed by atoms with Crippen LogP contribution in [0.1, 0.15) is 12.5 Å². The molecule has 0 radical (unpaired) electrons. The van der Waals surface area contributed by atoms with E-state index in [1.54, 1.807) is 0 Å². The van der Waals surface area contributed by atoms with Crippen LogP contribution >= 0.6 is 0 Å². The molecule has 0 aromatic heterocycles. The first-order valence-electron chi connectivity index (χ1n) is 7.68. The summed E-state index contributed by atoms with van der Waals surface area (Å²) in [7, 11) is 3.94. The Morgan fingerprint density at radius 2 is 1.68 bits per heavy atom. The van der Waals surface area contributed by atoms with E-state index in [9.17, 15) is 5.11 Å². The van der Waals surface area contributed by atoms with Gasteiger partial charge in [0.05, 0.1) is 5.60 Å². The highest BCUT2D eigenvalue weighted by molar-refractivity contribution is 5.63. The fourth-order valence-corrected chi connectivity index (χ4v) is 2.70. The molecule has 3 heteroatoms. The molecule has 0 bridgehead atoms. The third-order valence-electron chi connectivity index (χ3n) is 3.53. The topological polar surface area (TPSA) is 35.5 Å². The van der Waals surface area contributed by atoms with Gasteiger partial charge in [-0.05, 0) is 43.8 Å². The first kappa shape index (κ1) is 16.7. The van der Waals surface area contributed by atoms with E-state index in [0.717, 1.165) is 6.54 Å². The number of likely N-dealkylation sites (N-methyl/N-ethyl adjacent to an activating group) is 1. The molecule has 2 aromatic carbocycles. The van der Waals surface area contributed by atoms with Gasteiger partial charge in [-0.25, -0.2) is 0 Å². The molecule has 0 saturated heterocycles. The van der Waals surface area contributed by atoms with Crippen molar-refractivity contribution in [2.75, 3.05) is 27.2 Å². The molecule has 0 fully saturated rings. The number of benzene rings is 2. The summed E-state index contributed by atoms with van der Waals surface area (Å²) in [6.07, 6.45) is 0. The Morgan fingerprint density at radius 3 is 2.36 bits per heavy atom. The molecular weight excluding hydrogens is 272 g/mol. The SMILES string of the molecule is CN(C)CC(C)(O)CNCc1cccc(-c2ccccc2)c1. The van der Waals surface area contributed by atoms with Crippen LogP contribution in [0.25, 0.3) is 11.1 Å². The molecule has 0 aliphatic heterocycles. The van der Waals surface area contributed by atoms with Gasteiger partial charge in [0.15, 0.2) is 0 Å². The lowest BCUT2D eigenvalue weighted by Crippen LogP contribution is -2.45. The molecular formula is C19H26N2O. The second kappa shape index (κ2) is 7.54. The second-order valence-corrected chi connectivity index (χ2v) is 6.40. The van der Waals surface area contributed by atoms with Crippen LogP contribution in [0.4, 0.5) is 0 Å². The molecule has 118 valence electrons. The normalized spacial score (nSPS) is 14.0. The minimum absolute atomic E-state index is 0.570. The van der Waals surface area contributed by atoms with Gasteiger partial charge in [0.2, 0.25) is 0 Å². The lowest BCUT2D eigenvalue weighted by molar-refractivity contribution is 0.0336. The number of rotatable bonds is 7. The summed E-state index contributed by atoms with van der Waals surface area (Å²) in [5.74, 6) is 0. The Hall–Kier alpha value is -1.68. The summed E-state index contributed by atoms with van der Waals surface area (Å²) >= 11 is 0. The van der Waals surface area contributed by atoms with E-state index < -0.39 is 5.60 Å². The first-order chi connectivity index (χ1) is 10.5. The summed E-state index contributed by atoms with van der Waals surface area (Å²) in [6, 6.07) is 18.9. The highest BCUT2D eigenvalue weighted by Crippen LogP contribution is 2.19. The predicted octanol–water partition coefficient (Wildman–Crippen LogP) is 2.76. The van der Waals surface area contributed by atoms with Gasteiger partial charge in [0, 0.05) is 19.6 Å². The summed E-state index contributed by atoms with van der Waals surface area (Å²) < 4.78 is 0. The van der Waals surface area contributed by atoms with E-state index in [1.807, 2.05) is 32.0 Å². The molecule has 0 heterocycles. The molecule has 2 aromatic rings. The lowest BCUT2D eigenvalue weighted by Gasteiger charge is -2.27. The molecule has 1 atom stereocenters. The fraction of sp³-hybridized carbons (Fsp3) is 0.368. The van der Waals surface area contributed by atoms with Crippen molar-refractivity contribution in [3.63, 3.8) is 0 Å². The smallest absolute Gasteiger partial charge is 0.0869 e. The molecule has 2 rings (SSSR count). The maximum atomic E-state index is 10.3. The number of hydrogen-bond donors (Lipinski definition) is 2. The minimum atomic E-state index is -0.722. The van der Waals surface area contributed by atoms with Gasteiger partial charge in [0.25, 0.3) is 0 Å². The van der Waals surface area contributed by atoms with Gasteiger partial charge in [-0.3, -0.25) is 0 Å². The van der Waals surface area contributed by atoms with E-state index in [0.29, 0.717) is 13.1 Å². The maximum absolute atomic E-state index is 10.3. The Balaban J connectivity index is 1.94. The van der Waals surface area contributed by atoms with E-state index in [1.165, 1.54) is 16.7 Å². The Kier molecular flexibility index (Phi) is 5.72. The van der Waals surface area contributed by atoms with E-state index >= 15 is 0 Å². The van der Waals surface area contributed by atoms with Crippen molar-refractivity contribution in [1.82, 2.24) is 10.2 Å². The van der Waals surface area contributed by atoms with Crippen LogP contribution in [0.2, 0.25) is 0 Å². The molecule has 1 unspecified atom stereocenters. The molecule has 0 amide bonds. The Bertz CT molecular complexity index is 579. The van der Waals surface area contributed by atoms with Crippen LogP contribution in [0.15, 0.2) is 54.6 Å². The molecule has 0 saturated carbocycles. The Labute approximate surface area is 133 Å². The number of hydrogen-bond acceptors (Lipinski definition) is 3. The number of nitrogens with one attached hydrogen (secondary N) is 1. The van der Waals surface area contributed by atoms with Crippen LogP contribution < -0.4 is 5.32 Å². The Morgan fingerprint density at radius 1 is 1.00 bits per heavy atom. The van der Waals surface area contributed by atoms with Crippen molar-refractivity contribution in [2.24, 2.45) is 0 Å². The largest absolute Gasteiger partial charge is 0.388 e. The zero-order chi connectivity index (χ0) is 16.0. The van der Waals surface area contributed by atoms with Gasteiger partial charge in [0.1, 0.15) is 0 Å². The fourth-order valence-electron chi connectivity index (χ4n) is 2.70. The van der Waals surface area contributed by atoms with Gasteiger partial charge < -0.3 is 15.3 Å². The zero-order valence-electron chi connectivity index (χ0n) is 13.7. The van der Waals surface area contributed by atoms with Gasteiger partial charge in [-0.1, -0.05) is 48.5 Å². The number of aliphatic hydroxyl groups is 1. The van der Waals surface area contributed by atoms with E-state index in [-0.39, 0.29) is 0 Å². The summed E-state index contributed by atoms with van der Waals surface area (Å²) in [5, 5.41) is 13.6. The maximum Gasteiger partial charge on any atom is 0.0869 e. The standard InChI is InChI=1S/C19H26N2O/c1-19(22,15-21(2)3)14-20-13-16-8-7-11-18(12-16)17-9-5-4-6-10-17/h4-12,20,22H,13-15H2,1-3H3. The van der Waals surface area contributed by atoms with Crippen LogP contribution in [-0.4, -0.2) is 42.8 Å². The van der Waals surface area contributed by atoms with Crippen molar-refractivity contribution in [2.45, 2.75) is 19.1 Å². The van der Waals surface area contributed by atoms with Gasteiger partial charge in [-0.2, -0.15) is 0 Å². The zero-order valence-corrected chi connectivity index (χ0v) is 13.7. The highest BCUT2D eigenvalue weighted by atomic mass is 16.3. The molecule has 0 aliphatic carbocycles. The second-order valence-electron chi connectivity index (χ2n) is 6.40. The van der Waals surface area contributed by atoms with E-state index in [4.69, 9.17) is 0 Å². The lowest BCUT2D eigenvalue weighted by atomic mass is 10.0. The summed E-state index contributed by atoms with van der Waals surface area (Å²) in [4.78, 5) is 2.00. The average Bonchev–Trinajstić information content (AvgIpc) is 2.47. The van der Waals surface area contributed by atoms with Crippen molar-refractivity contribution in [3.05, 3.63) is 60.2 Å². The van der Waals surface area contributed by atoms with Crippen molar-refractivity contribution >= 4 is 0 Å². The molecule has 0 spiro atoms. The molecule has 0 aliphatic rings.